The largest absolute Gasteiger partial charge is 0.353 e. The molecule has 0 amide bonds. The van der Waals surface area contributed by atoms with Gasteiger partial charge in [-0.3, -0.25) is 0 Å². The molecule has 1 aromatic carbocycles. The van der Waals surface area contributed by atoms with Crippen molar-refractivity contribution in [1.29, 1.82) is 0 Å². The number of piperidine rings is 1. The molecule has 0 spiro atoms. The van der Waals surface area contributed by atoms with Gasteiger partial charge in [-0.25, -0.2) is 0 Å². The Morgan fingerprint density at radius 1 is 1.28 bits per heavy atom. The van der Waals surface area contributed by atoms with Crippen LogP contribution in [0.25, 0.3) is 11.6 Å². The molecule has 0 N–H and O–H groups in total. The highest BCUT2D eigenvalue weighted by Gasteiger charge is 2.60. The van der Waals surface area contributed by atoms with Crippen molar-refractivity contribution >= 4 is 27.7 Å². The summed E-state index contributed by atoms with van der Waals surface area (Å²) < 4.78 is 8.46. The van der Waals surface area contributed by atoms with E-state index in [1.54, 1.807) is 11.8 Å². The molecular weight excluding hydrogens is 450 g/mol. The summed E-state index contributed by atoms with van der Waals surface area (Å²) in [4.78, 5) is 2.64. The van der Waals surface area contributed by atoms with Crippen molar-refractivity contribution in [2.45, 2.75) is 30.3 Å². The number of aryl methyl sites for hydroxylation is 1. The van der Waals surface area contributed by atoms with Crippen LogP contribution in [-0.4, -0.2) is 50.2 Å². The highest BCUT2D eigenvalue weighted by molar-refractivity contribution is 9.10. The summed E-state index contributed by atoms with van der Waals surface area (Å²) >= 11 is 5.30. The molecule has 1 aliphatic heterocycles. The van der Waals surface area contributed by atoms with Crippen LogP contribution in [0.2, 0.25) is 0 Å². The molecule has 0 radical (unpaired) electrons. The lowest BCUT2D eigenvalue weighted by atomic mass is 9.95. The topological polar surface area (TPSA) is 60.0 Å². The normalized spacial score (nSPS) is 23.5. The number of benzene rings is 1. The maximum absolute atomic E-state index is 5.31. The third-order valence-electron chi connectivity index (χ3n) is 6.17. The number of hydrogen-bond donors (Lipinski definition) is 0. The molecule has 0 bridgehead atoms. The first kappa shape index (κ1) is 19.3. The monoisotopic (exact) mass is 473 g/mol. The average Bonchev–Trinajstić information content (AvgIpc) is 3.03. The molecular formula is C21H24BrN5OS. The van der Waals surface area contributed by atoms with Crippen LogP contribution >= 0.6 is 27.7 Å². The van der Waals surface area contributed by atoms with Gasteiger partial charge in [0.25, 0.3) is 0 Å². The van der Waals surface area contributed by atoms with E-state index in [0.717, 1.165) is 45.8 Å². The van der Waals surface area contributed by atoms with Crippen LogP contribution in [0.1, 0.15) is 24.1 Å². The van der Waals surface area contributed by atoms with E-state index < -0.39 is 0 Å². The van der Waals surface area contributed by atoms with Gasteiger partial charge in [0.2, 0.25) is 11.6 Å². The Morgan fingerprint density at radius 3 is 2.86 bits per heavy atom. The lowest BCUT2D eigenvalue weighted by Gasteiger charge is -2.21. The van der Waals surface area contributed by atoms with Crippen LogP contribution in [0.4, 0.5) is 0 Å². The van der Waals surface area contributed by atoms with Crippen LogP contribution in [0.15, 0.2) is 44.5 Å². The summed E-state index contributed by atoms with van der Waals surface area (Å²) in [6.07, 6.45) is 2.50. The van der Waals surface area contributed by atoms with Gasteiger partial charge in [0, 0.05) is 41.8 Å². The van der Waals surface area contributed by atoms with Gasteiger partial charge in [0.1, 0.15) is 0 Å². The molecule has 8 heteroatoms. The highest BCUT2D eigenvalue weighted by Crippen LogP contribution is 2.59. The van der Waals surface area contributed by atoms with E-state index in [0.29, 0.717) is 11.2 Å². The molecule has 1 saturated carbocycles. The third-order valence-corrected chi connectivity index (χ3v) is 7.80. The molecule has 2 fully saturated rings. The van der Waals surface area contributed by atoms with Crippen LogP contribution < -0.4 is 0 Å². The summed E-state index contributed by atoms with van der Waals surface area (Å²) in [6, 6.07) is 10.8. The lowest BCUT2D eigenvalue weighted by Crippen LogP contribution is -2.27. The van der Waals surface area contributed by atoms with Gasteiger partial charge in [-0.05, 0) is 49.9 Å². The molecule has 1 saturated heterocycles. The zero-order valence-corrected chi connectivity index (χ0v) is 19.0. The van der Waals surface area contributed by atoms with Crippen molar-refractivity contribution in [3.63, 3.8) is 0 Å². The molecule has 152 valence electrons. The Kier molecular flexibility index (Phi) is 5.04. The van der Waals surface area contributed by atoms with Crippen molar-refractivity contribution in [1.82, 2.24) is 24.8 Å². The second-order valence-corrected chi connectivity index (χ2v) is 10.2. The van der Waals surface area contributed by atoms with E-state index in [1.807, 2.05) is 24.6 Å². The first-order valence-electron chi connectivity index (χ1n) is 9.99. The van der Waals surface area contributed by atoms with Gasteiger partial charge in [-0.2, -0.15) is 0 Å². The van der Waals surface area contributed by atoms with Crippen LogP contribution in [-0.2, 0) is 12.5 Å². The predicted molar refractivity (Wildman–Crippen MR) is 117 cm³/mol. The van der Waals surface area contributed by atoms with E-state index in [-0.39, 0.29) is 0 Å². The van der Waals surface area contributed by atoms with E-state index in [1.165, 1.54) is 25.1 Å². The number of halogens is 1. The minimum absolute atomic E-state index is 0.418. The first-order valence-corrected chi connectivity index (χ1v) is 11.8. The number of thioether (sulfide) groups is 1. The first-order chi connectivity index (χ1) is 14.0. The number of likely N-dealkylation sites (tertiary alicyclic amines) is 1. The molecule has 3 aromatic rings. The van der Waals surface area contributed by atoms with Gasteiger partial charge < -0.3 is 14.0 Å². The molecule has 2 atom stereocenters. The standard InChI is InChI=1S/C21H24BrN5OS/c1-14-10-18(28-25-14)19-23-24-20(26(19)2)29-9-3-8-27-12-16-11-21(16,13-27)15-4-6-17(22)7-5-15/h4-7,10,16H,3,8-9,11-13H2,1-2H3. The summed E-state index contributed by atoms with van der Waals surface area (Å²) in [7, 11) is 1.98. The minimum atomic E-state index is 0.418. The summed E-state index contributed by atoms with van der Waals surface area (Å²) in [5.41, 5.74) is 2.78. The SMILES string of the molecule is Cc1cc(-c2nnc(SCCCN3CC4CC4(c4ccc(Br)cc4)C3)n2C)on1. The Balaban J connectivity index is 1.12. The van der Waals surface area contributed by atoms with Crippen molar-refractivity contribution in [3.05, 3.63) is 46.1 Å². The number of hydrogen-bond acceptors (Lipinski definition) is 6. The Morgan fingerprint density at radius 2 is 2.10 bits per heavy atom. The van der Waals surface area contributed by atoms with Crippen LogP contribution in [0, 0.1) is 12.8 Å². The smallest absolute Gasteiger partial charge is 0.204 e. The van der Waals surface area contributed by atoms with Crippen molar-refractivity contribution in [2.24, 2.45) is 13.0 Å². The van der Waals surface area contributed by atoms with Gasteiger partial charge in [0.15, 0.2) is 5.16 Å². The summed E-state index contributed by atoms with van der Waals surface area (Å²) in [5, 5.41) is 13.4. The van der Waals surface area contributed by atoms with E-state index in [2.05, 4.69) is 60.4 Å². The van der Waals surface area contributed by atoms with Crippen molar-refractivity contribution < 1.29 is 4.52 Å². The number of nitrogens with zero attached hydrogens (tertiary/aromatic N) is 5. The van der Waals surface area contributed by atoms with Gasteiger partial charge in [-0.1, -0.05) is 45.0 Å². The third kappa shape index (κ3) is 3.66. The fourth-order valence-electron chi connectivity index (χ4n) is 4.56. The quantitative estimate of drug-likeness (QED) is 0.376. The average molecular weight is 474 g/mol. The molecule has 1 aliphatic carbocycles. The molecule has 5 rings (SSSR count). The Labute approximate surface area is 183 Å². The molecule has 2 aromatic heterocycles. The van der Waals surface area contributed by atoms with Crippen LogP contribution in [0.3, 0.4) is 0 Å². The second-order valence-electron chi connectivity index (χ2n) is 8.20. The molecule has 3 heterocycles. The van der Waals surface area contributed by atoms with Crippen LogP contribution in [0.5, 0.6) is 0 Å². The van der Waals surface area contributed by atoms with Gasteiger partial charge in [0.05, 0.1) is 5.69 Å². The Hall–Kier alpha value is -1.64. The predicted octanol–water partition coefficient (Wildman–Crippen LogP) is 4.30. The van der Waals surface area contributed by atoms with E-state index in [4.69, 9.17) is 4.52 Å². The zero-order valence-electron chi connectivity index (χ0n) is 16.6. The Bertz CT molecular complexity index is 1020. The van der Waals surface area contributed by atoms with Gasteiger partial charge in [-0.15, -0.1) is 10.2 Å². The fourth-order valence-corrected chi connectivity index (χ4v) is 5.66. The second kappa shape index (κ2) is 7.56. The van der Waals surface area contributed by atoms with E-state index in [9.17, 15) is 0 Å². The van der Waals surface area contributed by atoms with Crippen molar-refractivity contribution in [2.75, 3.05) is 25.4 Å². The maximum atomic E-state index is 5.31. The van der Waals surface area contributed by atoms with E-state index >= 15 is 0 Å². The summed E-state index contributed by atoms with van der Waals surface area (Å²) in [6.45, 7) is 5.48. The molecule has 29 heavy (non-hydrogen) atoms. The molecule has 2 aliphatic rings. The van der Waals surface area contributed by atoms with Gasteiger partial charge >= 0.3 is 0 Å². The van der Waals surface area contributed by atoms with Crippen molar-refractivity contribution in [3.8, 4) is 11.6 Å². The molecule has 2 unspecified atom stereocenters. The maximum Gasteiger partial charge on any atom is 0.204 e. The lowest BCUT2D eigenvalue weighted by molar-refractivity contribution is 0.299. The number of fused-ring (bicyclic) bond motifs is 1. The zero-order chi connectivity index (χ0) is 20.0. The highest BCUT2D eigenvalue weighted by atomic mass is 79.9. The minimum Gasteiger partial charge on any atom is -0.353 e. The molecule has 6 nitrogen and oxygen atoms in total. The number of rotatable bonds is 7. The fraction of sp³-hybridized carbons (Fsp3) is 0.476. The number of aromatic nitrogens is 4. The summed E-state index contributed by atoms with van der Waals surface area (Å²) in [5.74, 6) is 3.26.